The molecule has 1 aliphatic heterocycles. The van der Waals surface area contributed by atoms with Gasteiger partial charge in [-0.2, -0.15) is 0 Å². The Kier molecular flexibility index (Phi) is 4.79. The molecule has 1 saturated heterocycles. The summed E-state index contributed by atoms with van der Waals surface area (Å²) in [6.07, 6.45) is 1.88. The fourth-order valence-electron chi connectivity index (χ4n) is 2.06. The molecule has 0 radical (unpaired) electrons. The second kappa shape index (κ2) is 6.21. The maximum absolute atomic E-state index is 12.1. The molecule has 1 atom stereocenters. The summed E-state index contributed by atoms with van der Waals surface area (Å²) in [5, 5.41) is 8.96. The third-order valence-corrected chi connectivity index (χ3v) is 6.29. The van der Waals surface area contributed by atoms with Gasteiger partial charge in [0.05, 0.1) is 6.61 Å². The molecule has 112 valence electrons. The molecule has 1 aromatic rings. The summed E-state index contributed by atoms with van der Waals surface area (Å²) in [4.78, 5) is 11.0. The van der Waals surface area contributed by atoms with Crippen molar-refractivity contribution in [1.29, 1.82) is 0 Å². The molecule has 2 N–H and O–H groups in total. The van der Waals surface area contributed by atoms with Crippen molar-refractivity contribution in [3.05, 3.63) is 16.5 Å². The molecule has 0 saturated carbocycles. The summed E-state index contributed by atoms with van der Waals surface area (Å²) in [6.45, 7) is 3.21. The van der Waals surface area contributed by atoms with Crippen LogP contribution in [-0.2, 0) is 14.8 Å². The molecule has 0 bridgehead atoms. The van der Waals surface area contributed by atoms with Crippen LogP contribution < -0.4 is 4.72 Å². The molecule has 0 amide bonds. The number of sulfonamides is 1. The fourth-order valence-corrected chi connectivity index (χ4v) is 4.60. The lowest BCUT2D eigenvalue weighted by Crippen LogP contribution is -2.32. The molecule has 2 heterocycles. The maximum atomic E-state index is 12.1. The number of aryl methyl sites for hydroxylation is 1. The van der Waals surface area contributed by atoms with E-state index in [9.17, 15) is 13.2 Å². The van der Waals surface area contributed by atoms with Crippen molar-refractivity contribution in [1.82, 2.24) is 4.72 Å². The highest BCUT2D eigenvalue weighted by Gasteiger charge is 2.23. The second-order valence-electron chi connectivity index (χ2n) is 4.82. The van der Waals surface area contributed by atoms with Gasteiger partial charge in [0.15, 0.2) is 0 Å². The topological polar surface area (TPSA) is 92.7 Å². The molecule has 20 heavy (non-hydrogen) atoms. The monoisotopic (exact) mass is 319 g/mol. The molecule has 0 spiro atoms. The van der Waals surface area contributed by atoms with Gasteiger partial charge in [-0.1, -0.05) is 0 Å². The number of hydrogen-bond donors (Lipinski definition) is 2. The Hall–Kier alpha value is -0.960. The maximum Gasteiger partial charge on any atom is 0.346 e. The fraction of sp³-hybridized carbons (Fsp3) is 0.583. The summed E-state index contributed by atoms with van der Waals surface area (Å²) < 4.78 is 32.1. The van der Waals surface area contributed by atoms with Gasteiger partial charge < -0.3 is 9.84 Å². The average Bonchev–Trinajstić information content (AvgIpc) is 2.81. The van der Waals surface area contributed by atoms with Gasteiger partial charge in [0, 0.05) is 13.2 Å². The predicted octanol–water partition coefficient (Wildman–Crippen LogP) is 1.46. The number of carboxylic acid groups (broad SMARTS) is 1. The quantitative estimate of drug-likeness (QED) is 0.857. The lowest BCUT2D eigenvalue weighted by atomic mass is 10.0. The van der Waals surface area contributed by atoms with Crippen molar-refractivity contribution in [3.8, 4) is 0 Å². The van der Waals surface area contributed by atoms with Crippen molar-refractivity contribution < 1.29 is 23.1 Å². The summed E-state index contributed by atoms with van der Waals surface area (Å²) >= 11 is 0.780. The molecule has 0 aliphatic carbocycles. The van der Waals surface area contributed by atoms with Crippen LogP contribution in [0.1, 0.15) is 28.1 Å². The van der Waals surface area contributed by atoms with Crippen LogP contribution in [0.3, 0.4) is 0 Å². The van der Waals surface area contributed by atoms with Gasteiger partial charge in [0.1, 0.15) is 9.09 Å². The van der Waals surface area contributed by atoms with Gasteiger partial charge >= 0.3 is 5.97 Å². The van der Waals surface area contributed by atoms with Gasteiger partial charge in [0.2, 0.25) is 10.0 Å². The van der Waals surface area contributed by atoms with Crippen LogP contribution in [0.2, 0.25) is 0 Å². The number of ether oxygens (including phenoxy) is 1. The Morgan fingerprint density at radius 3 is 2.90 bits per heavy atom. The molecule has 2 rings (SSSR count). The van der Waals surface area contributed by atoms with Crippen molar-refractivity contribution in [3.63, 3.8) is 0 Å². The third-order valence-electron chi connectivity index (χ3n) is 3.17. The first kappa shape index (κ1) is 15.4. The first-order valence-electron chi connectivity index (χ1n) is 6.31. The van der Waals surface area contributed by atoms with Crippen molar-refractivity contribution in [2.75, 3.05) is 19.8 Å². The minimum absolute atomic E-state index is 0.0455. The smallest absolute Gasteiger partial charge is 0.346 e. The van der Waals surface area contributed by atoms with E-state index in [-0.39, 0.29) is 15.0 Å². The van der Waals surface area contributed by atoms with Gasteiger partial charge in [-0.25, -0.2) is 17.9 Å². The molecule has 1 aromatic heterocycles. The lowest BCUT2D eigenvalue weighted by Gasteiger charge is -2.21. The molecule has 8 heteroatoms. The zero-order chi connectivity index (χ0) is 14.8. The minimum atomic E-state index is -3.65. The highest BCUT2D eigenvalue weighted by Crippen LogP contribution is 2.26. The van der Waals surface area contributed by atoms with Crippen molar-refractivity contribution in [2.45, 2.75) is 24.0 Å². The summed E-state index contributed by atoms with van der Waals surface area (Å²) in [7, 11) is -3.65. The van der Waals surface area contributed by atoms with Gasteiger partial charge in [-0.15, -0.1) is 11.3 Å². The first-order chi connectivity index (χ1) is 9.40. The Bertz CT molecular complexity index is 587. The van der Waals surface area contributed by atoms with E-state index in [2.05, 4.69) is 4.72 Å². The zero-order valence-corrected chi connectivity index (χ0v) is 12.7. The summed E-state index contributed by atoms with van der Waals surface area (Å²) in [5.41, 5.74) is 0.462. The van der Waals surface area contributed by atoms with E-state index in [0.29, 0.717) is 18.7 Å². The average molecular weight is 319 g/mol. The number of carbonyl (C=O) groups is 1. The molecule has 6 nitrogen and oxygen atoms in total. The van der Waals surface area contributed by atoms with E-state index in [1.165, 1.54) is 6.07 Å². The zero-order valence-electron chi connectivity index (χ0n) is 11.1. The highest BCUT2D eigenvalue weighted by molar-refractivity contribution is 7.91. The number of nitrogens with one attached hydrogen (secondary N) is 1. The third kappa shape index (κ3) is 3.57. The van der Waals surface area contributed by atoms with Crippen LogP contribution in [-0.4, -0.2) is 39.3 Å². The Balaban J connectivity index is 2.06. The molecule has 1 fully saturated rings. The van der Waals surface area contributed by atoms with Crippen LogP contribution in [0.15, 0.2) is 10.3 Å². The number of aromatic carboxylic acids is 1. The minimum Gasteiger partial charge on any atom is -0.477 e. The van der Waals surface area contributed by atoms with E-state index in [0.717, 1.165) is 30.8 Å². The predicted molar refractivity (Wildman–Crippen MR) is 74.7 cm³/mol. The van der Waals surface area contributed by atoms with Crippen LogP contribution in [0.25, 0.3) is 0 Å². The lowest BCUT2D eigenvalue weighted by molar-refractivity contribution is 0.0568. The van der Waals surface area contributed by atoms with Crippen LogP contribution in [0, 0.1) is 12.8 Å². The SMILES string of the molecule is Cc1cc(S(=O)(=O)NCC2CCCOC2)sc1C(=O)O. The molecule has 0 aromatic carbocycles. The molecule has 1 aliphatic rings. The standard InChI is InChI=1S/C12H17NO5S2/c1-8-5-10(19-11(8)12(14)15)20(16,17)13-6-9-3-2-4-18-7-9/h5,9,13H,2-4,6-7H2,1H3,(H,14,15). The van der Waals surface area contributed by atoms with E-state index < -0.39 is 16.0 Å². The van der Waals surface area contributed by atoms with Gasteiger partial charge in [-0.3, -0.25) is 0 Å². The Morgan fingerprint density at radius 2 is 2.35 bits per heavy atom. The van der Waals surface area contributed by atoms with Gasteiger partial charge in [-0.05, 0) is 37.3 Å². The van der Waals surface area contributed by atoms with Crippen LogP contribution >= 0.6 is 11.3 Å². The van der Waals surface area contributed by atoms with Crippen LogP contribution in [0.5, 0.6) is 0 Å². The van der Waals surface area contributed by atoms with E-state index in [1.54, 1.807) is 6.92 Å². The summed E-state index contributed by atoms with van der Waals surface area (Å²) in [6, 6.07) is 1.40. The van der Waals surface area contributed by atoms with Crippen molar-refractivity contribution in [2.24, 2.45) is 5.92 Å². The normalized spacial score (nSPS) is 19.9. The van der Waals surface area contributed by atoms with Crippen molar-refractivity contribution >= 4 is 27.3 Å². The summed E-state index contributed by atoms with van der Waals surface area (Å²) in [5.74, 6) is -0.923. The first-order valence-corrected chi connectivity index (χ1v) is 8.61. The number of carboxylic acids is 1. The molecular weight excluding hydrogens is 302 g/mol. The van der Waals surface area contributed by atoms with E-state index >= 15 is 0 Å². The van der Waals surface area contributed by atoms with E-state index in [1.807, 2.05) is 0 Å². The molecule has 1 unspecified atom stereocenters. The number of rotatable bonds is 5. The van der Waals surface area contributed by atoms with E-state index in [4.69, 9.17) is 9.84 Å². The molecular formula is C12H17NO5S2. The number of hydrogen-bond acceptors (Lipinski definition) is 5. The number of thiophene rings is 1. The van der Waals surface area contributed by atoms with Crippen LogP contribution in [0.4, 0.5) is 0 Å². The Morgan fingerprint density at radius 1 is 1.60 bits per heavy atom. The largest absolute Gasteiger partial charge is 0.477 e. The van der Waals surface area contributed by atoms with Gasteiger partial charge in [0.25, 0.3) is 0 Å². The second-order valence-corrected chi connectivity index (χ2v) is 7.86. The Labute approximate surface area is 121 Å². The highest BCUT2D eigenvalue weighted by atomic mass is 32.2.